The first-order valence-corrected chi connectivity index (χ1v) is 7.48. The summed E-state index contributed by atoms with van der Waals surface area (Å²) in [4.78, 5) is 0. The minimum Gasteiger partial charge on any atom is -0.355 e. The van der Waals surface area contributed by atoms with Crippen LogP contribution in [0, 0.1) is 13.8 Å². The van der Waals surface area contributed by atoms with Crippen molar-refractivity contribution in [2.45, 2.75) is 39.6 Å². The second-order valence-electron chi connectivity index (χ2n) is 6.10. The molecule has 0 spiro atoms. The van der Waals surface area contributed by atoms with E-state index in [2.05, 4.69) is 24.2 Å². The number of aryl methyl sites for hydroxylation is 2. The number of aromatic nitrogens is 1. The van der Waals surface area contributed by atoms with Crippen LogP contribution < -0.4 is 0 Å². The first-order valence-electron chi connectivity index (χ1n) is 7.48. The van der Waals surface area contributed by atoms with Crippen molar-refractivity contribution in [3.8, 4) is 11.3 Å². The molecule has 22 heavy (non-hydrogen) atoms. The second kappa shape index (κ2) is 5.71. The van der Waals surface area contributed by atoms with Gasteiger partial charge in [-0.25, -0.2) is 0 Å². The van der Waals surface area contributed by atoms with Crippen LogP contribution in [0.3, 0.4) is 0 Å². The van der Waals surface area contributed by atoms with Crippen molar-refractivity contribution in [3.63, 3.8) is 0 Å². The van der Waals surface area contributed by atoms with Crippen LogP contribution >= 0.6 is 0 Å². The first kappa shape index (κ1) is 15.0. The number of hydrogen-bond acceptors (Lipinski definition) is 4. The Balaban J connectivity index is 1.85. The smallest absolute Gasteiger partial charge is 0.174 e. The Morgan fingerprint density at radius 2 is 1.91 bits per heavy atom. The lowest BCUT2D eigenvalue weighted by atomic mass is 10.0. The Morgan fingerprint density at radius 1 is 1.18 bits per heavy atom. The maximum Gasteiger partial charge on any atom is 0.174 e. The fourth-order valence-electron chi connectivity index (χ4n) is 2.50. The predicted molar refractivity (Wildman–Crippen MR) is 85.4 cm³/mol. The molecule has 2 heterocycles. The topological polar surface area (TPSA) is 44.5 Å². The zero-order valence-corrected chi connectivity index (χ0v) is 13.4. The Morgan fingerprint density at radius 3 is 2.55 bits per heavy atom. The maximum absolute atomic E-state index is 5.79. The molecule has 1 fully saturated rings. The summed E-state index contributed by atoms with van der Waals surface area (Å²) >= 11 is 0. The third-order valence-electron chi connectivity index (χ3n) is 3.73. The first-order chi connectivity index (χ1) is 10.4. The van der Waals surface area contributed by atoms with Gasteiger partial charge in [0.15, 0.2) is 11.5 Å². The number of rotatable bonds is 3. The molecular weight excluding hydrogens is 278 g/mol. The lowest BCUT2D eigenvalue weighted by Crippen LogP contribution is -2.20. The fraction of sp³-hybridized carbons (Fsp3) is 0.389. The normalized spacial score (nSPS) is 20.8. The van der Waals surface area contributed by atoms with E-state index in [0.717, 1.165) is 22.6 Å². The van der Waals surface area contributed by atoms with Gasteiger partial charge in [0.25, 0.3) is 0 Å². The van der Waals surface area contributed by atoms with Crippen LogP contribution in [0.4, 0.5) is 0 Å². The van der Waals surface area contributed by atoms with Gasteiger partial charge in [0, 0.05) is 11.1 Å². The third-order valence-corrected chi connectivity index (χ3v) is 3.73. The van der Waals surface area contributed by atoms with Crippen LogP contribution in [0.2, 0.25) is 0 Å². The molecule has 1 aromatic heterocycles. The predicted octanol–water partition coefficient (Wildman–Crippen LogP) is 4.12. The highest BCUT2D eigenvalue weighted by Crippen LogP contribution is 2.29. The van der Waals surface area contributed by atoms with E-state index in [1.807, 2.05) is 45.1 Å². The number of hydrogen-bond donors (Lipinski definition) is 0. The van der Waals surface area contributed by atoms with Crippen molar-refractivity contribution in [2.24, 2.45) is 0 Å². The molecule has 2 aromatic rings. The largest absolute Gasteiger partial charge is 0.355 e. The van der Waals surface area contributed by atoms with Gasteiger partial charge in [-0.15, -0.1) is 0 Å². The van der Waals surface area contributed by atoms with E-state index in [-0.39, 0.29) is 6.10 Å². The van der Waals surface area contributed by atoms with Crippen molar-refractivity contribution in [2.75, 3.05) is 6.61 Å². The molecule has 0 bridgehead atoms. The Hall–Kier alpha value is -1.91. The summed E-state index contributed by atoms with van der Waals surface area (Å²) in [6.45, 7) is 8.41. The zero-order chi connectivity index (χ0) is 15.7. The van der Waals surface area contributed by atoms with Crippen molar-refractivity contribution < 1.29 is 14.0 Å². The van der Waals surface area contributed by atoms with Gasteiger partial charge in [0.05, 0.1) is 12.3 Å². The molecule has 1 saturated heterocycles. The standard InChI is InChI=1S/C18H21NO3/c1-12-5-7-14(8-6-12)17-16(13(2)19-22-17)10-9-15-11-20-18(3,4)21-15/h5-10,15H,11H2,1-4H3/b10-9-/t15-/m0/s1. The van der Waals surface area contributed by atoms with Crippen LogP contribution in [-0.2, 0) is 9.47 Å². The molecule has 0 aliphatic carbocycles. The quantitative estimate of drug-likeness (QED) is 0.855. The number of benzene rings is 1. The van der Waals surface area contributed by atoms with Crippen LogP contribution in [0.25, 0.3) is 17.4 Å². The Bertz CT molecular complexity index is 683. The monoisotopic (exact) mass is 299 g/mol. The molecule has 0 radical (unpaired) electrons. The van der Waals surface area contributed by atoms with Crippen molar-refractivity contribution in [1.29, 1.82) is 0 Å². The number of nitrogens with zero attached hydrogens (tertiary/aromatic N) is 1. The van der Waals surface area contributed by atoms with Crippen LogP contribution in [0.15, 0.2) is 34.9 Å². The summed E-state index contributed by atoms with van der Waals surface area (Å²) in [6.07, 6.45) is 3.97. The Labute approximate surface area is 130 Å². The highest BCUT2D eigenvalue weighted by Gasteiger charge is 2.31. The lowest BCUT2D eigenvalue weighted by molar-refractivity contribution is -0.133. The third kappa shape index (κ3) is 3.13. The summed E-state index contributed by atoms with van der Waals surface area (Å²) in [5, 5.41) is 4.09. The number of ether oxygens (including phenoxy) is 2. The van der Waals surface area contributed by atoms with E-state index in [0.29, 0.717) is 6.61 Å². The van der Waals surface area contributed by atoms with Gasteiger partial charge in [-0.2, -0.15) is 0 Å². The molecule has 1 atom stereocenters. The van der Waals surface area contributed by atoms with E-state index in [9.17, 15) is 0 Å². The van der Waals surface area contributed by atoms with E-state index in [1.165, 1.54) is 5.56 Å². The van der Waals surface area contributed by atoms with Crippen LogP contribution in [-0.4, -0.2) is 23.7 Å². The molecule has 1 aliphatic heterocycles. The van der Waals surface area contributed by atoms with E-state index < -0.39 is 5.79 Å². The van der Waals surface area contributed by atoms with Gasteiger partial charge >= 0.3 is 0 Å². The molecular formula is C18H21NO3. The average Bonchev–Trinajstić information content (AvgIpc) is 3.00. The SMILES string of the molecule is Cc1ccc(-c2onc(C)c2/C=C\[C@H]2COC(C)(C)O2)cc1. The van der Waals surface area contributed by atoms with Gasteiger partial charge in [0.1, 0.15) is 6.10 Å². The minimum absolute atomic E-state index is 0.0461. The average molecular weight is 299 g/mol. The molecule has 1 aromatic carbocycles. The molecule has 1 aliphatic rings. The van der Waals surface area contributed by atoms with Gasteiger partial charge < -0.3 is 14.0 Å². The molecule has 4 heteroatoms. The highest BCUT2D eigenvalue weighted by atomic mass is 16.7. The molecule has 116 valence electrons. The van der Waals surface area contributed by atoms with Gasteiger partial charge in [-0.1, -0.05) is 47.1 Å². The Kier molecular flexibility index (Phi) is 3.89. The van der Waals surface area contributed by atoms with Crippen LogP contribution in [0.5, 0.6) is 0 Å². The van der Waals surface area contributed by atoms with Crippen molar-refractivity contribution >= 4 is 6.08 Å². The fourth-order valence-corrected chi connectivity index (χ4v) is 2.50. The summed E-state index contributed by atoms with van der Waals surface area (Å²) in [7, 11) is 0. The van der Waals surface area contributed by atoms with Crippen LogP contribution in [0.1, 0.15) is 30.7 Å². The summed E-state index contributed by atoms with van der Waals surface area (Å²) in [5.74, 6) is 0.269. The molecule has 0 unspecified atom stereocenters. The lowest BCUT2D eigenvalue weighted by Gasteiger charge is -2.15. The van der Waals surface area contributed by atoms with Crippen molar-refractivity contribution in [3.05, 3.63) is 47.2 Å². The van der Waals surface area contributed by atoms with Gasteiger partial charge in [0.2, 0.25) is 0 Å². The maximum atomic E-state index is 5.79. The molecule has 0 N–H and O–H groups in total. The van der Waals surface area contributed by atoms with Gasteiger partial charge in [-0.05, 0) is 27.7 Å². The van der Waals surface area contributed by atoms with E-state index in [4.69, 9.17) is 14.0 Å². The van der Waals surface area contributed by atoms with Crippen molar-refractivity contribution in [1.82, 2.24) is 5.16 Å². The van der Waals surface area contributed by atoms with Gasteiger partial charge in [-0.3, -0.25) is 0 Å². The molecule has 0 amide bonds. The van der Waals surface area contributed by atoms with E-state index in [1.54, 1.807) is 0 Å². The highest BCUT2D eigenvalue weighted by molar-refractivity contribution is 5.72. The zero-order valence-electron chi connectivity index (χ0n) is 13.4. The minimum atomic E-state index is -0.515. The molecule has 3 rings (SSSR count). The van der Waals surface area contributed by atoms with E-state index >= 15 is 0 Å². The molecule has 0 saturated carbocycles. The second-order valence-corrected chi connectivity index (χ2v) is 6.10. The molecule has 4 nitrogen and oxygen atoms in total. The summed E-state index contributed by atoms with van der Waals surface area (Å²) in [5.41, 5.74) is 4.09. The summed E-state index contributed by atoms with van der Waals surface area (Å²) in [6, 6.07) is 8.23. The summed E-state index contributed by atoms with van der Waals surface area (Å²) < 4.78 is 16.9.